The number of anilines is 1. The molecule has 0 unspecified atom stereocenters. The fourth-order valence-electron chi connectivity index (χ4n) is 3.49. The van der Waals surface area contributed by atoms with Gasteiger partial charge in [-0.3, -0.25) is 9.59 Å². The zero-order chi connectivity index (χ0) is 18.3. The number of carbonyl (C=O) groups excluding carboxylic acids is 1. The van der Waals surface area contributed by atoms with Crippen LogP contribution in [0, 0.1) is 11.7 Å². The summed E-state index contributed by atoms with van der Waals surface area (Å²) in [5.74, 6) is -0.301. The van der Waals surface area contributed by atoms with Gasteiger partial charge in [-0.25, -0.2) is 8.91 Å². The van der Waals surface area contributed by atoms with Gasteiger partial charge in [0.1, 0.15) is 17.9 Å². The van der Waals surface area contributed by atoms with Crippen LogP contribution in [-0.4, -0.2) is 20.1 Å². The second-order valence-corrected chi connectivity index (χ2v) is 6.86. The third-order valence-electron chi connectivity index (χ3n) is 4.79. The number of benzene rings is 1. The number of aryl methyl sites for hydroxylation is 1. The minimum absolute atomic E-state index is 0.138. The molecule has 0 saturated heterocycles. The Labute approximate surface area is 149 Å². The number of nitrogens with zero attached hydrogens (tertiary/aromatic N) is 3. The van der Waals surface area contributed by atoms with Gasteiger partial charge in [0.25, 0.3) is 5.56 Å². The smallest absolute Gasteiger partial charge is 0.277 e. The average molecular weight is 354 g/mol. The summed E-state index contributed by atoms with van der Waals surface area (Å²) in [5.41, 5.74) is 2.65. The van der Waals surface area contributed by atoms with E-state index in [1.165, 1.54) is 22.8 Å². The van der Waals surface area contributed by atoms with Gasteiger partial charge < -0.3 is 9.88 Å². The van der Waals surface area contributed by atoms with Crippen LogP contribution in [0.5, 0.6) is 0 Å². The molecule has 0 aliphatic heterocycles. The first kappa shape index (κ1) is 16.5. The van der Waals surface area contributed by atoms with Gasteiger partial charge in [0.05, 0.1) is 5.69 Å². The summed E-state index contributed by atoms with van der Waals surface area (Å²) in [6, 6.07) is 5.65. The first-order chi connectivity index (χ1) is 12.5. The van der Waals surface area contributed by atoms with Crippen molar-refractivity contribution in [2.75, 3.05) is 5.32 Å². The normalized spacial score (nSPS) is 16.5. The first-order valence-electron chi connectivity index (χ1n) is 8.66. The van der Waals surface area contributed by atoms with E-state index in [1.807, 2.05) is 0 Å². The van der Waals surface area contributed by atoms with E-state index in [0.717, 1.165) is 30.5 Å². The number of carbonyl (C=O) groups is 1. The molecule has 7 heteroatoms. The molecule has 134 valence electrons. The van der Waals surface area contributed by atoms with Crippen LogP contribution in [-0.2, 0) is 24.2 Å². The highest BCUT2D eigenvalue weighted by Crippen LogP contribution is 2.26. The summed E-state index contributed by atoms with van der Waals surface area (Å²) in [6.07, 6.45) is 6.03. The summed E-state index contributed by atoms with van der Waals surface area (Å²) < 4.78 is 16.2. The molecule has 0 bridgehead atoms. The lowest BCUT2D eigenvalue weighted by Crippen LogP contribution is -2.28. The number of amides is 1. The largest absolute Gasteiger partial charge is 0.324 e. The molecule has 2 heterocycles. The molecule has 0 spiro atoms. The van der Waals surface area contributed by atoms with E-state index in [9.17, 15) is 14.0 Å². The minimum Gasteiger partial charge on any atom is -0.324 e. The lowest BCUT2D eigenvalue weighted by molar-refractivity contribution is -0.116. The number of fused-ring (bicyclic) bond motifs is 3. The summed E-state index contributed by atoms with van der Waals surface area (Å²) in [7, 11) is 0. The highest BCUT2D eigenvalue weighted by molar-refractivity contribution is 5.90. The summed E-state index contributed by atoms with van der Waals surface area (Å²) in [4.78, 5) is 25.1. The molecule has 0 radical (unpaired) electrons. The minimum atomic E-state index is -0.429. The van der Waals surface area contributed by atoms with Crippen LogP contribution >= 0.6 is 0 Å². The van der Waals surface area contributed by atoms with Gasteiger partial charge in [-0.1, -0.05) is 13.0 Å². The number of hydrogen-bond donors (Lipinski definition) is 1. The van der Waals surface area contributed by atoms with Gasteiger partial charge in [0.2, 0.25) is 5.91 Å². The molecule has 0 fully saturated rings. The van der Waals surface area contributed by atoms with Crippen molar-refractivity contribution in [1.29, 1.82) is 0 Å². The zero-order valence-corrected chi connectivity index (χ0v) is 14.4. The highest BCUT2D eigenvalue weighted by atomic mass is 19.1. The number of halogens is 1. The maximum absolute atomic E-state index is 13.2. The molecule has 3 aromatic rings. The van der Waals surface area contributed by atoms with E-state index < -0.39 is 5.82 Å². The second-order valence-electron chi connectivity index (χ2n) is 6.86. The Morgan fingerprint density at radius 2 is 2.23 bits per heavy atom. The number of aromatic nitrogens is 3. The Morgan fingerprint density at radius 3 is 3.04 bits per heavy atom. The van der Waals surface area contributed by atoms with Crippen molar-refractivity contribution < 1.29 is 9.18 Å². The van der Waals surface area contributed by atoms with Gasteiger partial charge in [0, 0.05) is 23.6 Å². The van der Waals surface area contributed by atoms with E-state index >= 15 is 0 Å². The Kier molecular flexibility index (Phi) is 4.06. The predicted molar refractivity (Wildman–Crippen MR) is 95.7 cm³/mol. The monoisotopic (exact) mass is 354 g/mol. The topological polar surface area (TPSA) is 68.4 Å². The summed E-state index contributed by atoms with van der Waals surface area (Å²) in [5, 5.41) is 7.12. The van der Waals surface area contributed by atoms with E-state index in [1.54, 1.807) is 23.0 Å². The van der Waals surface area contributed by atoms with Crippen molar-refractivity contribution in [3.05, 3.63) is 64.1 Å². The molecule has 6 nitrogen and oxygen atoms in total. The summed E-state index contributed by atoms with van der Waals surface area (Å²) in [6.45, 7) is 2.03. The third kappa shape index (κ3) is 3.00. The molecule has 1 aromatic carbocycles. The zero-order valence-electron chi connectivity index (χ0n) is 14.4. The third-order valence-corrected chi connectivity index (χ3v) is 4.79. The van der Waals surface area contributed by atoms with Crippen LogP contribution in [0.4, 0.5) is 10.1 Å². The standard InChI is InChI=1S/C19H19FN4O2/c1-12-5-6-16-15(9-12)18-19(26)23(7-8-24(18)22-16)11-17(25)21-14-4-2-3-13(20)10-14/h2-4,7-8,10,12H,5-6,9,11H2,1H3,(H,21,25)/t12-/m0/s1. The lowest BCUT2D eigenvalue weighted by Gasteiger charge is -2.16. The van der Waals surface area contributed by atoms with Gasteiger partial charge in [-0.05, 0) is 43.4 Å². The number of rotatable bonds is 3. The SMILES string of the molecule is C[C@H]1CCc2nn3ccn(CC(=O)Nc4cccc(F)c4)c(=O)c3c2C1. The number of hydrogen-bond acceptors (Lipinski definition) is 3. The lowest BCUT2D eigenvalue weighted by atomic mass is 9.88. The van der Waals surface area contributed by atoms with Gasteiger partial charge in [0.15, 0.2) is 0 Å². The molecule has 0 saturated carbocycles. The van der Waals surface area contributed by atoms with E-state index in [2.05, 4.69) is 17.3 Å². The second kappa shape index (κ2) is 6.40. The van der Waals surface area contributed by atoms with Crippen LogP contribution in [0.15, 0.2) is 41.5 Å². The molecular formula is C19H19FN4O2. The van der Waals surface area contributed by atoms with Crippen molar-refractivity contribution >= 4 is 17.1 Å². The Bertz CT molecular complexity index is 1050. The highest BCUT2D eigenvalue weighted by Gasteiger charge is 2.23. The van der Waals surface area contributed by atoms with Gasteiger partial charge in [-0.15, -0.1) is 0 Å². The molecule has 1 N–H and O–H groups in total. The Hall–Kier alpha value is -2.96. The maximum Gasteiger partial charge on any atom is 0.277 e. The van der Waals surface area contributed by atoms with Crippen LogP contribution in [0.1, 0.15) is 24.6 Å². The fourth-order valence-corrected chi connectivity index (χ4v) is 3.49. The van der Waals surface area contributed by atoms with Gasteiger partial charge in [-0.2, -0.15) is 5.10 Å². The van der Waals surface area contributed by atoms with Crippen molar-refractivity contribution in [3.8, 4) is 0 Å². The molecular weight excluding hydrogens is 335 g/mol. The van der Waals surface area contributed by atoms with E-state index in [-0.39, 0.29) is 18.0 Å². The predicted octanol–water partition coefficient (Wildman–Crippen LogP) is 2.40. The Balaban J connectivity index is 1.63. The van der Waals surface area contributed by atoms with Crippen molar-refractivity contribution in [2.45, 2.75) is 32.7 Å². The van der Waals surface area contributed by atoms with Crippen molar-refractivity contribution in [2.24, 2.45) is 5.92 Å². The average Bonchev–Trinajstić information content (AvgIpc) is 2.96. The fraction of sp³-hybridized carbons (Fsp3) is 0.316. The maximum atomic E-state index is 13.2. The molecule has 2 aromatic heterocycles. The Morgan fingerprint density at radius 1 is 1.38 bits per heavy atom. The quantitative estimate of drug-likeness (QED) is 0.785. The van der Waals surface area contributed by atoms with Crippen LogP contribution < -0.4 is 10.9 Å². The molecule has 1 aliphatic rings. The van der Waals surface area contributed by atoms with Gasteiger partial charge >= 0.3 is 0 Å². The summed E-state index contributed by atoms with van der Waals surface area (Å²) >= 11 is 0. The molecule has 1 aliphatic carbocycles. The molecule has 26 heavy (non-hydrogen) atoms. The molecule has 1 amide bonds. The van der Waals surface area contributed by atoms with Crippen molar-refractivity contribution in [3.63, 3.8) is 0 Å². The molecule has 1 atom stereocenters. The first-order valence-corrected chi connectivity index (χ1v) is 8.66. The van der Waals surface area contributed by atoms with Crippen LogP contribution in [0.25, 0.3) is 5.52 Å². The van der Waals surface area contributed by atoms with Crippen molar-refractivity contribution in [1.82, 2.24) is 14.2 Å². The number of nitrogens with one attached hydrogen (secondary N) is 1. The van der Waals surface area contributed by atoms with E-state index in [4.69, 9.17) is 0 Å². The molecule has 4 rings (SSSR count). The van der Waals surface area contributed by atoms with E-state index in [0.29, 0.717) is 17.1 Å². The van der Waals surface area contributed by atoms with Crippen LogP contribution in [0.3, 0.4) is 0 Å². The van der Waals surface area contributed by atoms with Crippen LogP contribution in [0.2, 0.25) is 0 Å².